The zero-order valence-electron chi connectivity index (χ0n) is 11.8. The quantitative estimate of drug-likeness (QED) is 0.859. The molecule has 2 rings (SSSR count). The van der Waals surface area contributed by atoms with Crippen LogP contribution in [0, 0.1) is 0 Å². The zero-order chi connectivity index (χ0) is 13.2. The van der Waals surface area contributed by atoms with Gasteiger partial charge in [-0.3, -0.25) is 0 Å². The van der Waals surface area contributed by atoms with Crippen LogP contribution in [0.4, 0.5) is 5.69 Å². The summed E-state index contributed by atoms with van der Waals surface area (Å²) >= 11 is 0. The van der Waals surface area contributed by atoms with Crippen LogP contribution in [0.5, 0.6) is 5.75 Å². The number of nitrogens with one attached hydrogen (secondary N) is 2. The normalized spacial score (nSPS) is 21.9. The molecule has 1 unspecified atom stereocenters. The van der Waals surface area contributed by atoms with Gasteiger partial charge in [-0.1, -0.05) is 13.0 Å². The van der Waals surface area contributed by atoms with Crippen LogP contribution in [0.1, 0.15) is 32.8 Å². The molecular formula is C15H24N2O. The summed E-state index contributed by atoms with van der Waals surface area (Å²) in [4.78, 5) is 0. The highest BCUT2D eigenvalue weighted by Gasteiger charge is 2.30. The predicted molar refractivity (Wildman–Crippen MR) is 76.5 cm³/mol. The summed E-state index contributed by atoms with van der Waals surface area (Å²) in [5, 5.41) is 7.13. The minimum atomic E-state index is 0.229. The van der Waals surface area contributed by atoms with Gasteiger partial charge in [-0.05, 0) is 44.4 Å². The average Bonchev–Trinajstić information content (AvgIpc) is 2.68. The minimum Gasteiger partial charge on any atom is -0.495 e. The fourth-order valence-electron chi connectivity index (χ4n) is 2.57. The summed E-state index contributed by atoms with van der Waals surface area (Å²) in [5.41, 5.74) is 2.68. The molecule has 18 heavy (non-hydrogen) atoms. The van der Waals surface area contributed by atoms with Crippen LogP contribution < -0.4 is 15.4 Å². The molecule has 3 nitrogen and oxygen atoms in total. The molecule has 1 aliphatic rings. The van der Waals surface area contributed by atoms with Crippen LogP contribution in [0.2, 0.25) is 0 Å². The summed E-state index contributed by atoms with van der Waals surface area (Å²) in [6.07, 6.45) is 2.18. The Morgan fingerprint density at radius 3 is 2.78 bits per heavy atom. The number of aryl methyl sites for hydroxylation is 1. The van der Waals surface area contributed by atoms with Gasteiger partial charge in [0.25, 0.3) is 0 Å². The SMILES string of the molecule is CCc1ccc(OC)c(NC2CNC(C)(C)C2)c1. The van der Waals surface area contributed by atoms with Gasteiger partial charge in [0.15, 0.2) is 0 Å². The van der Waals surface area contributed by atoms with E-state index in [1.54, 1.807) is 7.11 Å². The molecule has 1 fully saturated rings. The van der Waals surface area contributed by atoms with Crippen LogP contribution in [0.25, 0.3) is 0 Å². The molecule has 1 heterocycles. The lowest BCUT2D eigenvalue weighted by molar-refractivity contribution is 0.415. The molecule has 0 saturated carbocycles. The Kier molecular flexibility index (Phi) is 3.81. The summed E-state index contributed by atoms with van der Waals surface area (Å²) in [6.45, 7) is 7.67. The Hall–Kier alpha value is -1.22. The van der Waals surface area contributed by atoms with Gasteiger partial charge in [-0.2, -0.15) is 0 Å². The lowest BCUT2D eigenvalue weighted by atomic mass is 10.0. The average molecular weight is 248 g/mol. The van der Waals surface area contributed by atoms with Crippen molar-refractivity contribution in [2.45, 2.75) is 45.2 Å². The van der Waals surface area contributed by atoms with Crippen molar-refractivity contribution >= 4 is 5.69 Å². The number of hydrogen-bond donors (Lipinski definition) is 2. The van der Waals surface area contributed by atoms with Crippen molar-refractivity contribution in [1.29, 1.82) is 0 Å². The van der Waals surface area contributed by atoms with Gasteiger partial charge >= 0.3 is 0 Å². The summed E-state index contributed by atoms with van der Waals surface area (Å²) in [6, 6.07) is 6.85. The zero-order valence-corrected chi connectivity index (χ0v) is 11.8. The van der Waals surface area contributed by atoms with Gasteiger partial charge in [-0.15, -0.1) is 0 Å². The van der Waals surface area contributed by atoms with Crippen LogP contribution in [-0.2, 0) is 6.42 Å². The molecule has 1 aliphatic heterocycles. The maximum Gasteiger partial charge on any atom is 0.141 e. The number of benzene rings is 1. The Bertz CT molecular complexity index is 415. The third-order valence-corrected chi connectivity index (χ3v) is 3.62. The lowest BCUT2D eigenvalue weighted by Crippen LogP contribution is -2.31. The van der Waals surface area contributed by atoms with E-state index in [0.717, 1.165) is 30.8 Å². The molecule has 0 radical (unpaired) electrons. The fraction of sp³-hybridized carbons (Fsp3) is 0.600. The first-order chi connectivity index (χ1) is 8.54. The van der Waals surface area contributed by atoms with Crippen LogP contribution in [-0.4, -0.2) is 25.2 Å². The summed E-state index contributed by atoms with van der Waals surface area (Å²) < 4.78 is 5.42. The largest absolute Gasteiger partial charge is 0.495 e. The Balaban J connectivity index is 2.12. The maximum atomic E-state index is 5.42. The van der Waals surface area contributed by atoms with E-state index in [0.29, 0.717) is 6.04 Å². The van der Waals surface area contributed by atoms with Crippen molar-refractivity contribution in [3.05, 3.63) is 23.8 Å². The third kappa shape index (κ3) is 2.96. The monoisotopic (exact) mass is 248 g/mol. The molecule has 0 amide bonds. The second kappa shape index (κ2) is 5.19. The standard InChI is InChI=1S/C15H24N2O/c1-5-11-6-7-14(18-4)13(8-11)17-12-9-15(2,3)16-10-12/h6-8,12,16-17H,5,9-10H2,1-4H3. The van der Waals surface area contributed by atoms with E-state index in [9.17, 15) is 0 Å². The Morgan fingerprint density at radius 1 is 1.44 bits per heavy atom. The van der Waals surface area contributed by atoms with Crippen molar-refractivity contribution < 1.29 is 4.74 Å². The van der Waals surface area contributed by atoms with Crippen LogP contribution in [0.15, 0.2) is 18.2 Å². The first-order valence-corrected chi connectivity index (χ1v) is 6.72. The van der Waals surface area contributed by atoms with E-state index >= 15 is 0 Å². The van der Waals surface area contributed by atoms with E-state index in [1.807, 2.05) is 0 Å². The number of methoxy groups -OCH3 is 1. The van der Waals surface area contributed by atoms with Gasteiger partial charge in [0.1, 0.15) is 5.75 Å². The second-order valence-electron chi connectivity index (χ2n) is 5.70. The van der Waals surface area contributed by atoms with Crippen molar-refractivity contribution in [1.82, 2.24) is 5.32 Å². The lowest BCUT2D eigenvalue weighted by Gasteiger charge is -2.19. The van der Waals surface area contributed by atoms with Gasteiger partial charge in [0, 0.05) is 18.1 Å². The Labute approximate surface area is 110 Å². The van der Waals surface area contributed by atoms with Crippen molar-refractivity contribution in [2.75, 3.05) is 19.0 Å². The number of anilines is 1. The molecule has 0 aliphatic carbocycles. The Morgan fingerprint density at radius 2 is 2.22 bits per heavy atom. The summed E-state index contributed by atoms with van der Waals surface area (Å²) in [7, 11) is 1.73. The third-order valence-electron chi connectivity index (χ3n) is 3.62. The molecule has 1 aromatic rings. The summed E-state index contributed by atoms with van der Waals surface area (Å²) in [5.74, 6) is 0.928. The topological polar surface area (TPSA) is 33.3 Å². The number of ether oxygens (including phenoxy) is 1. The van der Waals surface area contributed by atoms with E-state index in [4.69, 9.17) is 4.74 Å². The van der Waals surface area contributed by atoms with E-state index in [2.05, 4.69) is 49.6 Å². The highest BCUT2D eigenvalue weighted by atomic mass is 16.5. The van der Waals surface area contributed by atoms with Gasteiger partial charge in [0.2, 0.25) is 0 Å². The number of rotatable bonds is 4. The van der Waals surface area contributed by atoms with Crippen LogP contribution >= 0.6 is 0 Å². The van der Waals surface area contributed by atoms with Gasteiger partial charge in [0.05, 0.1) is 12.8 Å². The highest BCUT2D eigenvalue weighted by molar-refractivity contribution is 5.59. The second-order valence-corrected chi connectivity index (χ2v) is 5.70. The van der Waals surface area contributed by atoms with E-state index < -0.39 is 0 Å². The molecular weight excluding hydrogens is 224 g/mol. The first-order valence-electron chi connectivity index (χ1n) is 6.72. The maximum absolute atomic E-state index is 5.42. The first kappa shape index (κ1) is 13.2. The van der Waals surface area contributed by atoms with E-state index in [-0.39, 0.29) is 5.54 Å². The van der Waals surface area contributed by atoms with Gasteiger partial charge < -0.3 is 15.4 Å². The molecule has 0 spiro atoms. The molecule has 2 N–H and O–H groups in total. The number of hydrogen-bond acceptors (Lipinski definition) is 3. The fourth-order valence-corrected chi connectivity index (χ4v) is 2.57. The highest BCUT2D eigenvalue weighted by Crippen LogP contribution is 2.29. The molecule has 0 aromatic heterocycles. The van der Waals surface area contributed by atoms with Crippen molar-refractivity contribution in [3.8, 4) is 5.75 Å². The molecule has 1 saturated heterocycles. The molecule has 1 aromatic carbocycles. The molecule has 1 atom stereocenters. The van der Waals surface area contributed by atoms with Gasteiger partial charge in [-0.25, -0.2) is 0 Å². The molecule has 0 bridgehead atoms. The minimum absolute atomic E-state index is 0.229. The van der Waals surface area contributed by atoms with Crippen LogP contribution in [0.3, 0.4) is 0 Å². The predicted octanol–water partition coefficient (Wildman–Crippen LogP) is 2.81. The van der Waals surface area contributed by atoms with Crippen molar-refractivity contribution in [3.63, 3.8) is 0 Å². The van der Waals surface area contributed by atoms with Crippen molar-refractivity contribution in [2.24, 2.45) is 0 Å². The smallest absolute Gasteiger partial charge is 0.141 e. The van der Waals surface area contributed by atoms with E-state index in [1.165, 1.54) is 5.56 Å². The molecule has 100 valence electrons. The molecule has 3 heteroatoms.